The molecule has 0 aliphatic carbocycles. The molecule has 1 aromatic heterocycles. The molecule has 1 saturated heterocycles. The lowest BCUT2D eigenvalue weighted by Crippen LogP contribution is -2.30. The lowest BCUT2D eigenvalue weighted by molar-refractivity contribution is 0.430. The van der Waals surface area contributed by atoms with Crippen LogP contribution in [0.25, 0.3) is 0 Å². The molecule has 1 fully saturated rings. The fraction of sp³-hybridized carbons (Fsp3) is 0.333. The first-order valence-electron chi connectivity index (χ1n) is 9.47. The fourth-order valence-electron chi connectivity index (χ4n) is 3.73. The van der Waals surface area contributed by atoms with Crippen LogP contribution < -0.4 is 11.0 Å². The predicted molar refractivity (Wildman–Crippen MR) is 102 cm³/mol. The third kappa shape index (κ3) is 4.04. The number of piperidine rings is 1. The Kier molecular flexibility index (Phi) is 5.34. The van der Waals surface area contributed by atoms with Crippen LogP contribution in [-0.2, 0) is 13.1 Å². The average Bonchev–Trinajstić information content (AvgIpc) is 2.98. The summed E-state index contributed by atoms with van der Waals surface area (Å²) in [4.78, 5) is 13.1. The van der Waals surface area contributed by atoms with Crippen LogP contribution in [0.5, 0.6) is 0 Å². The molecule has 2 heterocycles. The number of rotatable bonds is 5. The Bertz CT molecular complexity index is 987. The van der Waals surface area contributed by atoms with E-state index < -0.39 is 11.6 Å². The van der Waals surface area contributed by atoms with Gasteiger partial charge in [0.1, 0.15) is 17.5 Å². The number of aromatic nitrogens is 3. The molecule has 1 aliphatic rings. The van der Waals surface area contributed by atoms with E-state index in [2.05, 4.69) is 10.4 Å². The van der Waals surface area contributed by atoms with Crippen LogP contribution >= 0.6 is 0 Å². The van der Waals surface area contributed by atoms with Gasteiger partial charge in [0.25, 0.3) is 0 Å². The van der Waals surface area contributed by atoms with Crippen molar-refractivity contribution in [2.75, 3.05) is 13.1 Å². The first-order chi connectivity index (χ1) is 13.6. The molecule has 0 radical (unpaired) electrons. The minimum Gasteiger partial charge on any atom is -0.317 e. The number of hydrogen-bond acceptors (Lipinski definition) is 3. The third-order valence-electron chi connectivity index (χ3n) is 5.09. The van der Waals surface area contributed by atoms with Crippen LogP contribution in [0.1, 0.15) is 35.7 Å². The van der Waals surface area contributed by atoms with Crippen molar-refractivity contribution in [1.82, 2.24) is 19.7 Å². The van der Waals surface area contributed by atoms with E-state index in [0.29, 0.717) is 12.1 Å². The molecule has 0 bridgehead atoms. The summed E-state index contributed by atoms with van der Waals surface area (Å²) in [6.45, 7) is 2.22. The quantitative estimate of drug-likeness (QED) is 0.736. The number of nitrogens with zero attached hydrogens (tertiary/aromatic N) is 3. The lowest BCUT2D eigenvalue weighted by atomic mass is 9.97. The van der Waals surface area contributed by atoms with E-state index in [1.807, 2.05) is 30.3 Å². The molecule has 7 heteroatoms. The van der Waals surface area contributed by atoms with E-state index in [0.717, 1.165) is 43.4 Å². The molecular formula is C21H22F2N4O. The van der Waals surface area contributed by atoms with Crippen LogP contribution in [0.15, 0.2) is 53.3 Å². The second-order valence-corrected chi connectivity index (χ2v) is 7.17. The summed E-state index contributed by atoms with van der Waals surface area (Å²) in [6, 6.07) is 13.0. The average molecular weight is 384 g/mol. The highest BCUT2D eigenvalue weighted by atomic mass is 19.1. The smallest absolute Gasteiger partial charge is 0.317 e. The third-order valence-corrected chi connectivity index (χ3v) is 5.09. The van der Waals surface area contributed by atoms with Crippen LogP contribution in [0.3, 0.4) is 0 Å². The fourth-order valence-corrected chi connectivity index (χ4v) is 3.73. The number of benzene rings is 2. The van der Waals surface area contributed by atoms with Crippen molar-refractivity contribution in [1.29, 1.82) is 0 Å². The zero-order valence-electron chi connectivity index (χ0n) is 15.4. The molecule has 0 saturated carbocycles. The van der Waals surface area contributed by atoms with Crippen LogP contribution in [0.4, 0.5) is 8.78 Å². The molecule has 1 N–H and O–H groups in total. The summed E-state index contributed by atoms with van der Waals surface area (Å²) in [7, 11) is 0. The molecule has 4 rings (SSSR count). The van der Waals surface area contributed by atoms with Gasteiger partial charge in [0.2, 0.25) is 0 Å². The topological polar surface area (TPSA) is 51.9 Å². The van der Waals surface area contributed by atoms with Crippen molar-refractivity contribution >= 4 is 0 Å². The van der Waals surface area contributed by atoms with E-state index in [1.54, 1.807) is 4.57 Å². The van der Waals surface area contributed by atoms with E-state index in [9.17, 15) is 13.6 Å². The highest BCUT2D eigenvalue weighted by molar-refractivity contribution is 5.19. The van der Waals surface area contributed by atoms with Gasteiger partial charge in [0.15, 0.2) is 0 Å². The van der Waals surface area contributed by atoms with E-state index in [4.69, 9.17) is 0 Å². The first-order valence-corrected chi connectivity index (χ1v) is 9.47. The SMILES string of the molecule is O=c1n(Cc2cc(F)cc(F)c2)nc(C2CCNCC2)n1Cc1ccccc1. The second kappa shape index (κ2) is 8.06. The largest absolute Gasteiger partial charge is 0.346 e. The van der Waals surface area contributed by atoms with Gasteiger partial charge in [-0.1, -0.05) is 30.3 Å². The van der Waals surface area contributed by atoms with Gasteiger partial charge < -0.3 is 5.32 Å². The summed E-state index contributed by atoms with van der Waals surface area (Å²) in [5.41, 5.74) is 1.12. The number of halogens is 2. The molecule has 0 spiro atoms. The normalized spacial score (nSPS) is 15.1. The van der Waals surface area contributed by atoms with Crippen LogP contribution in [0, 0.1) is 11.6 Å². The zero-order chi connectivity index (χ0) is 19.5. The maximum Gasteiger partial charge on any atom is 0.346 e. The molecule has 1 aliphatic heterocycles. The van der Waals surface area contributed by atoms with Gasteiger partial charge in [-0.15, -0.1) is 0 Å². The van der Waals surface area contributed by atoms with Gasteiger partial charge in [-0.2, -0.15) is 5.10 Å². The monoisotopic (exact) mass is 384 g/mol. The molecule has 2 aromatic carbocycles. The van der Waals surface area contributed by atoms with Gasteiger partial charge in [-0.05, 0) is 49.2 Å². The van der Waals surface area contributed by atoms with E-state index in [-0.39, 0.29) is 18.2 Å². The minimum absolute atomic E-state index is 0.0350. The van der Waals surface area contributed by atoms with Gasteiger partial charge in [-0.3, -0.25) is 4.57 Å². The van der Waals surface area contributed by atoms with E-state index >= 15 is 0 Å². The molecule has 28 heavy (non-hydrogen) atoms. The van der Waals surface area contributed by atoms with Crippen LogP contribution in [0.2, 0.25) is 0 Å². The first kappa shape index (κ1) is 18.6. The Morgan fingerprint density at radius 1 is 0.964 bits per heavy atom. The van der Waals surface area contributed by atoms with Crippen molar-refractivity contribution in [3.63, 3.8) is 0 Å². The summed E-state index contributed by atoms with van der Waals surface area (Å²) in [5, 5.41) is 7.90. The Labute approximate surface area is 161 Å². The summed E-state index contributed by atoms with van der Waals surface area (Å²) in [6.07, 6.45) is 1.81. The zero-order valence-corrected chi connectivity index (χ0v) is 15.4. The highest BCUT2D eigenvalue weighted by Crippen LogP contribution is 2.23. The van der Waals surface area contributed by atoms with Crippen molar-refractivity contribution in [2.24, 2.45) is 0 Å². The van der Waals surface area contributed by atoms with Crippen molar-refractivity contribution in [2.45, 2.75) is 31.8 Å². The molecular weight excluding hydrogens is 362 g/mol. The van der Waals surface area contributed by atoms with Gasteiger partial charge >= 0.3 is 5.69 Å². The van der Waals surface area contributed by atoms with Gasteiger partial charge in [0.05, 0.1) is 13.1 Å². The molecule has 0 amide bonds. The van der Waals surface area contributed by atoms with Gasteiger partial charge in [0, 0.05) is 12.0 Å². The molecule has 0 atom stereocenters. The summed E-state index contributed by atoms with van der Waals surface area (Å²) < 4.78 is 30.1. The maximum atomic E-state index is 13.5. The molecule has 5 nitrogen and oxygen atoms in total. The molecule has 0 unspecified atom stereocenters. The Morgan fingerprint density at radius 2 is 1.64 bits per heavy atom. The van der Waals surface area contributed by atoms with Crippen molar-refractivity contribution < 1.29 is 8.78 Å². The summed E-state index contributed by atoms with van der Waals surface area (Å²) >= 11 is 0. The predicted octanol–water partition coefficient (Wildman–Crippen LogP) is 2.89. The van der Waals surface area contributed by atoms with Crippen molar-refractivity contribution in [3.05, 3.63) is 87.6 Å². The van der Waals surface area contributed by atoms with Gasteiger partial charge in [-0.25, -0.2) is 18.3 Å². The second-order valence-electron chi connectivity index (χ2n) is 7.17. The van der Waals surface area contributed by atoms with E-state index in [1.165, 1.54) is 16.8 Å². The highest BCUT2D eigenvalue weighted by Gasteiger charge is 2.24. The Hall–Kier alpha value is -2.80. The maximum absolute atomic E-state index is 13.5. The van der Waals surface area contributed by atoms with Crippen LogP contribution in [-0.4, -0.2) is 27.4 Å². The summed E-state index contributed by atoms with van der Waals surface area (Å²) in [5.74, 6) is -0.397. The van der Waals surface area contributed by atoms with Crippen molar-refractivity contribution in [3.8, 4) is 0 Å². The minimum atomic E-state index is -0.662. The number of nitrogens with one attached hydrogen (secondary N) is 1. The Balaban J connectivity index is 1.71. The number of hydrogen-bond donors (Lipinski definition) is 1. The Morgan fingerprint density at radius 3 is 2.32 bits per heavy atom. The molecule has 146 valence electrons. The molecule has 3 aromatic rings. The lowest BCUT2D eigenvalue weighted by Gasteiger charge is -2.22. The standard InChI is InChI=1S/C21H22F2N4O/c22-18-10-16(11-19(23)12-18)14-27-21(28)26(13-15-4-2-1-3-5-15)20(25-27)17-6-8-24-9-7-17/h1-5,10-12,17,24H,6-9,13-14H2.